The van der Waals surface area contributed by atoms with Crippen LogP contribution in [-0.2, 0) is 16.2 Å². The third kappa shape index (κ3) is 4.34. The maximum atomic E-state index is 13.6. The van der Waals surface area contributed by atoms with Crippen LogP contribution in [0.25, 0.3) is 0 Å². The quantitative estimate of drug-likeness (QED) is 0.494. The summed E-state index contributed by atoms with van der Waals surface area (Å²) < 4.78 is 12.7. The van der Waals surface area contributed by atoms with Crippen molar-refractivity contribution in [2.24, 2.45) is 40.9 Å². The molecule has 0 spiro atoms. The van der Waals surface area contributed by atoms with Crippen LogP contribution in [0.2, 0.25) is 0 Å². The first-order valence-corrected chi connectivity index (χ1v) is 15.2. The van der Waals surface area contributed by atoms with Crippen molar-refractivity contribution >= 4 is 17.1 Å². The average molecular weight is 480 g/mol. The van der Waals surface area contributed by atoms with Gasteiger partial charge in [-0.25, -0.2) is 0 Å². The lowest BCUT2D eigenvalue weighted by Crippen LogP contribution is -2.60. The Morgan fingerprint density at radius 2 is 1.73 bits per heavy atom. The van der Waals surface area contributed by atoms with Crippen LogP contribution in [-0.4, -0.2) is 75.9 Å². The minimum absolute atomic E-state index is 0.191. The largest absolute Gasteiger partial charge is 0.567 e. The van der Waals surface area contributed by atoms with Crippen molar-refractivity contribution in [3.8, 4) is 0 Å². The van der Waals surface area contributed by atoms with Gasteiger partial charge < -0.3 is 9.66 Å². The van der Waals surface area contributed by atoms with Gasteiger partial charge in [0.05, 0.1) is 25.2 Å². The lowest BCUT2D eigenvalue weighted by Gasteiger charge is -2.57. The van der Waals surface area contributed by atoms with Crippen molar-refractivity contribution < 1.29 is 18.3 Å². The number of fused-ring (bicyclic) bond motifs is 5. The molecule has 4 aliphatic carbocycles. The minimum Gasteiger partial charge on any atom is -0.567 e. The Labute approximate surface area is 204 Å². The summed E-state index contributed by atoms with van der Waals surface area (Å²) >= 11 is -0.859. The number of carbonyl (C=O) groups is 1. The van der Waals surface area contributed by atoms with E-state index in [1.165, 1.54) is 38.5 Å². The molecule has 5 rings (SSSR count). The lowest BCUT2D eigenvalue weighted by molar-refractivity contribution is -0.790. The molecule has 9 atom stereocenters. The van der Waals surface area contributed by atoms with Gasteiger partial charge in [-0.15, -0.1) is 3.89 Å². The summed E-state index contributed by atoms with van der Waals surface area (Å²) in [5.41, 5.74) is -0.254. The molecule has 188 valence electrons. The molecular weight excluding hydrogens is 432 g/mol. The molecule has 5 aliphatic rings. The summed E-state index contributed by atoms with van der Waals surface area (Å²) in [6.45, 7) is 8.62. The van der Waals surface area contributed by atoms with Crippen molar-refractivity contribution in [3.63, 3.8) is 0 Å². The Hall–Kier alpha value is -0.140. The number of rotatable bonds is 4. The van der Waals surface area contributed by atoms with Crippen LogP contribution in [0.4, 0.5) is 0 Å². The summed E-state index contributed by atoms with van der Waals surface area (Å²) in [5, 5.41) is 10.6. The first-order chi connectivity index (χ1) is 15.5. The summed E-state index contributed by atoms with van der Waals surface area (Å²) in [5.74, 6) is 4.60. The smallest absolute Gasteiger partial charge is 0.150 e. The summed E-state index contributed by atoms with van der Waals surface area (Å²) in [6, 6.07) is 0. The minimum atomic E-state index is -0.859. The van der Waals surface area contributed by atoms with E-state index >= 15 is 0 Å². The Kier molecular flexibility index (Phi) is 6.52. The van der Waals surface area contributed by atoms with E-state index in [0.717, 1.165) is 75.0 Å². The number of hydrogen-bond donors (Lipinski definition) is 1. The van der Waals surface area contributed by atoms with Crippen LogP contribution in [0.3, 0.4) is 0 Å². The van der Waals surface area contributed by atoms with E-state index in [-0.39, 0.29) is 11.3 Å². The molecule has 1 heterocycles. The number of aliphatic hydroxyl groups is 1. The van der Waals surface area contributed by atoms with Crippen molar-refractivity contribution in [2.45, 2.75) is 77.2 Å². The molecule has 1 N–H and O–H groups in total. The highest BCUT2D eigenvalue weighted by Crippen LogP contribution is 2.64. The third-order valence-electron chi connectivity index (χ3n) is 11.4. The number of likely N-dealkylation sites (N-methyl/N-ethyl adjacent to an activating group) is 1. The monoisotopic (exact) mass is 479 g/mol. The first kappa shape index (κ1) is 24.5. The number of ketones is 1. The second kappa shape index (κ2) is 8.76. The van der Waals surface area contributed by atoms with E-state index in [4.69, 9.17) is 0 Å². The summed E-state index contributed by atoms with van der Waals surface area (Å²) in [7, 11) is 2.08. The Morgan fingerprint density at radius 3 is 2.42 bits per heavy atom. The predicted octanol–water partition coefficient (Wildman–Crippen LogP) is 3.63. The number of piperazine rings is 1. The molecule has 33 heavy (non-hydrogen) atoms. The number of carbonyl (C=O) groups excluding carboxylic acids is 1. The second-order valence-electron chi connectivity index (χ2n) is 13.3. The first-order valence-electron chi connectivity index (χ1n) is 13.7. The zero-order valence-corrected chi connectivity index (χ0v) is 22.2. The molecule has 0 bridgehead atoms. The Morgan fingerprint density at radius 1 is 1.03 bits per heavy atom. The van der Waals surface area contributed by atoms with Gasteiger partial charge >= 0.3 is 0 Å². The van der Waals surface area contributed by atoms with Crippen molar-refractivity contribution in [3.05, 3.63) is 0 Å². The average Bonchev–Trinajstić information content (AvgIpc) is 3.11. The van der Waals surface area contributed by atoms with E-state index in [2.05, 4.69) is 18.9 Å². The number of quaternary nitrogens is 1. The molecule has 1 aliphatic heterocycles. The number of hydrogen-bond acceptors (Lipinski definition) is 4. The molecule has 0 amide bonds. The van der Waals surface area contributed by atoms with E-state index in [1.54, 1.807) is 6.26 Å². The van der Waals surface area contributed by atoms with Gasteiger partial charge in [0.25, 0.3) is 0 Å². The fraction of sp³-hybridized carbons (Fsp3) is 0.963. The van der Waals surface area contributed by atoms with Crippen LogP contribution in [0.1, 0.15) is 71.6 Å². The zero-order chi connectivity index (χ0) is 23.6. The van der Waals surface area contributed by atoms with Gasteiger partial charge in [0.15, 0.2) is 0 Å². The van der Waals surface area contributed by atoms with Crippen molar-refractivity contribution in [1.82, 2.24) is 4.90 Å². The van der Waals surface area contributed by atoms with Gasteiger partial charge in [-0.05, 0) is 99.7 Å². The third-order valence-corrected chi connectivity index (χ3v) is 13.0. The van der Waals surface area contributed by atoms with E-state index in [0.29, 0.717) is 16.2 Å². The van der Waals surface area contributed by atoms with Crippen LogP contribution in [0.15, 0.2) is 0 Å². The van der Waals surface area contributed by atoms with E-state index in [1.807, 2.05) is 6.92 Å². The Balaban J connectivity index is 1.22. The molecule has 0 radical (unpaired) electrons. The molecule has 0 aromatic rings. The highest BCUT2D eigenvalue weighted by Gasteiger charge is 2.58. The number of Topliss-reactive ketones (excluding diaryl/α,β-unsaturated/α-hetero) is 1. The molecule has 1 unspecified atom stereocenters. The molecule has 0 aromatic heterocycles. The van der Waals surface area contributed by atoms with Crippen LogP contribution in [0, 0.1) is 40.9 Å². The fourth-order valence-corrected chi connectivity index (χ4v) is 9.96. The molecule has 1 saturated heterocycles. The second-order valence-corrected chi connectivity index (χ2v) is 15.0. The predicted molar refractivity (Wildman–Crippen MR) is 133 cm³/mol. The van der Waals surface area contributed by atoms with Gasteiger partial charge in [-0.1, -0.05) is 6.92 Å². The van der Waals surface area contributed by atoms with Gasteiger partial charge in [-0.3, -0.25) is 9.69 Å². The topological polar surface area (TPSA) is 63.6 Å². The molecule has 4 saturated carbocycles. The normalized spacial score (nSPS) is 48.4. The number of nitrogens with zero attached hydrogens (tertiary/aromatic N) is 2. The lowest BCUT2D eigenvalue weighted by atomic mass is 9.49. The van der Waals surface area contributed by atoms with Crippen LogP contribution < -0.4 is 0 Å². The molecule has 5 nitrogen and oxygen atoms in total. The van der Waals surface area contributed by atoms with Crippen molar-refractivity contribution in [2.75, 3.05) is 46.0 Å². The zero-order valence-electron chi connectivity index (χ0n) is 21.4. The van der Waals surface area contributed by atoms with Crippen molar-refractivity contribution in [1.29, 1.82) is 0 Å². The summed E-state index contributed by atoms with van der Waals surface area (Å²) in [6.07, 6.45) is 12.4. The highest BCUT2D eigenvalue weighted by atomic mass is 32.2. The maximum Gasteiger partial charge on any atom is 0.150 e. The van der Waals surface area contributed by atoms with Gasteiger partial charge in [-0.2, -0.15) is 0 Å². The highest BCUT2D eigenvalue weighted by molar-refractivity contribution is 7.85. The van der Waals surface area contributed by atoms with Gasteiger partial charge in [0.2, 0.25) is 0 Å². The molecule has 0 aromatic carbocycles. The van der Waals surface area contributed by atoms with E-state index in [9.17, 15) is 14.5 Å². The van der Waals surface area contributed by atoms with Crippen LogP contribution >= 0.6 is 0 Å². The standard InChI is InChI=1S/C27H47N2O3S/c1-26(31)11-9-20-19(17-26)5-6-22-21(20)10-12-27(2)23(22)7-8-24(27)25(30)18-28-13-15-29(3,16-14-28)33(4)32/h19-24,31H,5-18H2,1-4H3/q+1/t19-,20+,21-,22-,23+,24-,26-,27+,33?/m1/s1. The van der Waals surface area contributed by atoms with E-state index < -0.39 is 17.0 Å². The molecular formula is C27H47N2O3S+. The van der Waals surface area contributed by atoms with Gasteiger partial charge in [0.1, 0.15) is 43.5 Å². The van der Waals surface area contributed by atoms with Crippen LogP contribution in [0.5, 0.6) is 0 Å². The molecule has 5 fully saturated rings. The fourth-order valence-electron chi connectivity index (χ4n) is 9.29. The molecule has 6 heteroatoms. The summed E-state index contributed by atoms with van der Waals surface area (Å²) in [4.78, 5) is 15.9. The maximum absolute atomic E-state index is 13.6. The Bertz CT molecular complexity index is 750. The van der Waals surface area contributed by atoms with Gasteiger partial charge in [0, 0.05) is 5.92 Å². The SMILES string of the molecule is C[S+]([O-])[N+]1(C)CCN(CC(=O)[C@H]2CC[C@H]3[C@@H]4CC[C@@H]5C[C@](C)(O)CC[C@@H]5[C@H]4CC[C@]23C)CC1.